The van der Waals surface area contributed by atoms with Gasteiger partial charge in [0.2, 0.25) is 0 Å². The molecular weight excluding hydrogens is 224 g/mol. The van der Waals surface area contributed by atoms with Gasteiger partial charge in [0, 0.05) is 23.1 Å². The number of aliphatic hydroxyl groups excluding tert-OH is 1. The van der Waals surface area contributed by atoms with Crippen LogP contribution in [0.4, 0.5) is 0 Å². The van der Waals surface area contributed by atoms with Gasteiger partial charge in [-0.05, 0) is 45.5 Å². The normalized spacial score (nSPS) is 13.2. The van der Waals surface area contributed by atoms with Gasteiger partial charge in [-0.25, -0.2) is 0 Å². The molecule has 0 aliphatic rings. The van der Waals surface area contributed by atoms with Gasteiger partial charge in [0.15, 0.2) is 0 Å². The van der Waals surface area contributed by atoms with Gasteiger partial charge >= 0.3 is 0 Å². The number of benzene rings is 1. The van der Waals surface area contributed by atoms with Gasteiger partial charge in [0.05, 0.1) is 12.6 Å². The second kappa shape index (κ2) is 5.12. The minimum Gasteiger partial charge on any atom is -0.390 e. The number of likely N-dealkylation sites (N-methyl/N-ethyl adjacent to an activating group) is 1. The van der Waals surface area contributed by atoms with Crippen LogP contribution in [-0.2, 0) is 6.54 Å². The molecule has 0 fully saturated rings. The van der Waals surface area contributed by atoms with E-state index in [4.69, 9.17) is 0 Å². The molecule has 2 aromatic rings. The lowest BCUT2D eigenvalue weighted by Crippen LogP contribution is -2.28. The number of fused-ring (bicyclic) bond motifs is 1. The molecule has 1 heterocycles. The lowest BCUT2D eigenvalue weighted by molar-refractivity contribution is 0.155. The van der Waals surface area contributed by atoms with Crippen molar-refractivity contribution in [3.8, 4) is 0 Å². The van der Waals surface area contributed by atoms with Gasteiger partial charge in [-0.3, -0.25) is 0 Å². The SMILES string of the molecule is CNCC(O)Cn1c(C)c(C)c2cc(C)ccc21. The van der Waals surface area contributed by atoms with Crippen LogP contribution in [0, 0.1) is 20.8 Å². The Labute approximate surface area is 108 Å². The summed E-state index contributed by atoms with van der Waals surface area (Å²) >= 11 is 0. The Morgan fingerprint density at radius 3 is 2.67 bits per heavy atom. The first-order chi connectivity index (χ1) is 8.54. The molecule has 1 aromatic carbocycles. The molecule has 0 bridgehead atoms. The van der Waals surface area contributed by atoms with E-state index in [9.17, 15) is 5.11 Å². The third kappa shape index (κ3) is 2.28. The first kappa shape index (κ1) is 13.1. The highest BCUT2D eigenvalue weighted by Gasteiger charge is 2.13. The number of aryl methyl sites for hydroxylation is 2. The minimum absolute atomic E-state index is 0.356. The maximum Gasteiger partial charge on any atom is 0.0843 e. The van der Waals surface area contributed by atoms with E-state index in [1.165, 1.54) is 27.7 Å². The van der Waals surface area contributed by atoms with Crippen molar-refractivity contribution in [2.45, 2.75) is 33.4 Å². The lowest BCUT2D eigenvalue weighted by Gasteiger charge is -2.14. The van der Waals surface area contributed by atoms with Crippen molar-refractivity contribution in [2.75, 3.05) is 13.6 Å². The third-order valence-electron chi connectivity index (χ3n) is 3.63. The molecule has 3 heteroatoms. The van der Waals surface area contributed by atoms with Crippen LogP contribution in [-0.4, -0.2) is 29.4 Å². The first-order valence-corrected chi connectivity index (χ1v) is 6.43. The van der Waals surface area contributed by atoms with Gasteiger partial charge in [-0.15, -0.1) is 0 Å². The van der Waals surface area contributed by atoms with E-state index in [1.807, 2.05) is 7.05 Å². The van der Waals surface area contributed by atoms with Gasteiger partial charge < -0.3 is 15.0 Å². The molecule has 1 unspecified atom stereocenters. The van der Waals surface area contributed by atoms with E-state index >= 15 is 0 Å². The van der Waals surface area contributed by atoms with Crippen LogP contribution in [0.3, 0.4) is 0 Å². The van der Waals surface area contributed by atoms with E-state index in [1.54, 1.807) is 0 Å². The highest BCUT2D eigenvalue weighted by Crippen LogP contribution is 2.26. The smallest absolute Gasteiger partial charge is 0.0843 e. The fraction of sp³-hybridized carbons (Fsp3) is 0.467. The number of hydrogen-bond acceptors (Lipinski definition) is 2. The summed E-state index contributed by atoms with van der Waals surface area (Å²) in [5.41, 5.74) is 5.04. The van der Waals surface area contributed by atoms with Crippen molar-refractivity contribution in [1.29, 1.82) is 0 Å². The van der Waals surface area contributed by atoms with Gasteiger partial charge in [-0.1, -0.05) is 11.6 Å². The molecule has 3 nitrogen and oxygen atoms in total. The quantitative estimate of drug-likeness (QED) is 0.867. The largest absolute Gasteiger partial charge is 0.390 e. The van der Waals surface area contributed by atoms with Crippen molar-refractivity contribution in [3.05, 3.63) is 35.0 Å². The molecular formula is C15H22N2O. The zero-order valence-corrected chi connectivity index (χ0v) is 11.6. The molecule has 0 saturated heterocycles. The summed E-state index contributed by atoms with van der Waals surface area (Å²) in [6, 6.07) is 6.50. The number of nitrogens with zero attached hydrogens (tertiary/aromatic N) is 1. The maximum atomic E-state index is 9.97. The molecule has 0 aliphatic heterocycles. The number of rotatable bonds is 4. The van der Waals surface area contributed by atoms with Gasteiger partial charge in [-0.2, -0.15) is 0 Å². The summed E-state index contributed by atoms with van der Waals surface area (Å²) in [6.45, 7) is 7.64. The van der Waals surface area contributed by atoms with Crippen LogP contribution >= 0.6 is 0 Å². The van der Waals surface area contributed by atoms with E-state index in [0.29, 0.717) is 13.1 Å². The summed E-state index contributed by atoms with van der Waals surface area (Å²) in [5.74, 6) is 0. The van der Waals surface area contributed by atoms with Crippen molar-refractivity contribution in [1.82, 2.24) is 9.88 Å². The van der Waals surface area contributed by atoms with Crippen LogP contribution in [0.2, 0.25) is 0 Å². The van der Waals surface area contributed by atoms with Crippen LogP contribution in [0.25, 0.3) is 10.9 Å². The maximum absolute atomic E-state index is 9.97. The molecule has 2 rings (SSSR count). The predicted molar refractivity (Wildman–Crippen MR) is 76.1 cm³/mol. The number of aromatic nitrogens is 1. The van der Waals surface area contributed by atoms with Crippen molar-refractivity contribution in [2.24, 2.45) is 0 Å². The van der Waals surface area contributed by atoms with Crippen LogP contribution < -0.4 is 5.32 Å². The summed E-state index contributed by atoms with van der Waals surface area (Å²) < 4.78 is 2.21. The molecule has 18 heavy (non-hydrogen) atoms. The van der Waals surface area contributed by atoms with E-state index in [0.717, 1.165) is 0 Å². The van der Waals surface area contributed by atoms with Crippen LogP contribution in [0.15, 0.2) is 18.2 Å². The van der Waals surface area contributed by atoms with E-state index in [-0.39, 0.29) is 6.10 Å². The molecule has 0 spiro atoms. The molecule has 1 aromatic heterocycles. The molecule has 0 radical (unpaired) electrons. The standard InChI is InChI=1S/C15H22N2O/c1-10-5-6-15-14(7-10)11(2)12(3)17(15)9-13(18)8-16-4/h5-7,13,16,18H,8-9H2,1-4H3. The Balaban J connectivity index is 2.47. The Kier molecular flexibility index (Phi) is 3.73. The Morgan fingerprint density at radius 1 is 1.28 bits per heavy atom. The van der Waals surface area contributed by atoms with Crippen LogP contribution in [0.5, 0.6) is 0 Å². The third-order valence-corrected chi connectivity index (χ3v) is 3.63. The average Bonchev–Trinajstić information content (AvgIpc) is 2.55. The Hall–Kier alpha value is -1.32. The first-order valence-electron chi connectivity index (χ1n) is 6.43. The summed E-state index contributed by atoms with van der Waals surface area (Å²) in [4.78, 5) is 0. The molecule has 0 aliphatic carbocycles. The lowest BCUT2D eigenvalue weighted by atomic mass is 10.1. The van der Waals surface area contributed by atoms with Gasteiger partial charge in [0.1, 0.15) is 0 Å². The van der Waals surface area contributed by atoms with Crippen LogP contribution in [0.1, 0.15) is 16.8 Å². The number of hydrogen-bond donors (Lipinski definition) is 2. The van der Waals surface area contributed by atoms with Crippen molar-refractivity contribution < 1.29 is 5.11 Å². The fourth-order valence-corrected chi connectivity index (χ4v) is 2.51. The van der Waals surface area contributed by atoms with Crippen molar-refractivity contribution >= 4 is 10.9 Å². The molecule has 0 amide bonds. The Morgan fingerprint density at radius 2 is 2.00 bits per heavy atom. The average molecular weight is 246 g/mol. The number of nitrogens with one attached hydrogen (secondary N) is 1. The number of aliphatic hydroxyl groups is 1. The topological polar surface area (TPSA) is 37.2 Å². The zero-order valence-electron chi connectivity index (χ0n) is 11.6. The fourth-order valence-electron chi connectivity index (χ4n) is 2.51. The molecule has 98 valence electrons. The van der Waals surface area contributed by atoms with Crippen molar-refractivity contribution in [3.63, 3.8) is 0 Å². The summed E-state index contributed by atoms with van der Waals surface area (Å²) in [7, 11) is 1.86. The molecule has 0 saturated carbocycles. The minimum atomic E-state index is -0.356. The monoisotopic (exact) mass is 246 g/mol. The van der Waals surface area contributed by atoms with E-state index in [2.05, 4.69) is 48.9 Å². The second-order valence-electron chi connectivity index (χ2n) is 5.05. The highest BCUT2D eigenvalue weighted by atomic mass is 16.3. The summed E-state index contributed by atoms with van der Waals surface area (Å²) in [6.07, 6.45) is -0.356. The molecule has 2 N–H and O–H groups in total. The second-order valence-corrected chi connectivity index (χ2v) is 5.05. The predicted octanol–water partition coefficient (Wildman–Crippen LogP) is 2.15. The molecule has 1 atom stereocenters. The van der Waals surface area contributed by atoms with Gasteiger partial charge in [0.25, 0.3) is 0 Å². The van der Waals surface area contributed by atoms with E-state index < -0.39 is 0 Å². The Bertz CT molecular complexity index is 557. The highest BCUT2D eigenvalue weighted by molar-refractivity contribution is 5.85. The zero-order chi connectivity index (χ0) is 13.3. The summed E-state index contributed by atoms with van der Waals surface area (Å²) in [5, 5.41) is 14.3.